The van der Waals surface area contributed by atoms with E-state index in [2.05, 4.69) is 17.5 Å². The molecule has 7 heteroatoms. The molecule has 0 saturated carbocycles. The van der Waals surface area contributed by atoms with E-state index in [1.807, 2.05) is 0 Å². The summed E-state index contributed by atoms with van der Waals surface area (Å²) in [6, 6.07) is 0. The Kier molecular flexibility index (Phi) is 7.31. The van der Waals surface area contributed by atoms with Gasteiger partial charge in [0, 0.05) is 6.42 Å². The first kappa shape index (κ1) is 18.4. The molecule has 1 heterocycles. The molecule has 0 aromatic rings. The molecule has 1 aliphatic heterocycles. The van der Waals surface area contributed by atoms with Gasteiger partial charge in [0.15, 0.2) is 5.54 Å². The monoisotopic (exact) mass is 314 g/mol. The second-order valence-corrected chi connectivity index (χ2v) is 5.27. The van der Waals surface area contributed by atoms with E-state index in [0.717, 1.165) is 19.3 Å². The molecule has 0 radical (unpaired) electrons. The molecule has 2 unspecified atom stereocenters. The van der Waals surface area contributed by atoms with Gasteiger partial charge in [-0.2, -0.15) is 5.10 Å². The third-order valence-corrected chi connectivity index (χ3v) is 3.64. The van der Waals surface area contributed by atoms with Gasteiger partial charge >= 0.3 is 11.9 Å². The van der Waals surface area contributed by atoms with E-state index < -0.39 is 23.6 Å². The number of aliphatic hydroxyl groups is 1. The molecule has 1 aliphatic rings. The third-order valence-electron chi connectivity index (χ3n) is 3.64. The van der Waals surface area contributed by atoms with Crippen LogP contribution < -0.4 is 5.43 Å². The Morgan fingerprint density at radius 1 is 1.27 bits per heavy atom. The number of nitrogens with zero attached hydrogens (tertiary/aromatic N) is 1. The molecule has 0 bridgehead atoms. The number of esters is 2. The minimum absolute atomic E-state index is 0.0298. The second-order valence-electron chi connectivity index (χ2n) is 5.27. The highest BCUT2D eigenvalue weighted by atomic mass is 16.5. The van der Waals surface area contributed by atoms with Crippen LogP contribution in [0.4, 0.5) is 0 Å². The van der Waals surface area contributed by atoms with Crippen LogP contribution in [0.2, 0.25) is 0 Å². The van der Waals surface area contributed by atoms with Gasteiger partial charge in [-0.25, -0.2) is 9.59 Å². The number of nitrogens with one attached hydrogen (secondary N) is 1. The number of unbranched alkanes of at least 4 members (excludes halogenated alkanes) is 2. The summed E-state index contributed by atoms with van der Waals surface area (Å²) >= 11 is 0. The van der Waals surface area contributed by atoms with Crippen LogP contribution in [0.3, 0.4) is 0 Å². The van der Waals surface area contributed by atoms with E-state index in [4.69, 9.17) is 9.47 Å². The molecule has 0 spiro atoms. The van der Waals surface area contributed by atoms with Crippen molar-refractivity contribution in [3.05, 3.63) is 0 Å². The van der Waals surface area contributed by atoms with Gasteiger partial charge in [-0.15, -0.1) is 0 Å². The van der Waals surface area contributed by atoms with E-state index in [1.165, 1.54) is 0 Å². The number of rotatable bonds is 9. The summed E-state index contributed by atoms with van der Waals surface area (Å²) in [6.45, 7) is 5.86. The normalized spacial score (nSPS) is 21.7. The number of aliphatic hydroxyl groups excluding tert-OH is 1. The molecule has 0 saturated heterocycles. The summed E-state index contributed by atoms with van der Waals surface area (Å²) < 4.78 is 9.95. The number of ether oxygens (including phenoxy) is 2. The maximum atomic E-state index is 12.3. The molecule has 2 N–H and O–H groups in total. The molecular weight excluding hydrogens is 288 g/mol. The van der Waals surface area contributed by atoms with Gasteiger partial charge in [-0.1, -0.05) is 26.2 Å². The lowest BCUT2D eigenvalue weighted by Gasteiger charge is -2.31. The Balaban J connectivity index is 2.83. The Morgan fingerprint density at radius 3 is 2.55 bits per heavy atom. The van der Waals surface area contributed by atoms with E-state index in [-0.39, 0.29) is 25.3 Å². The number of hydrogen-bond donors (Lipinski definition) is 2. The largest absolute Gasteiger partial charge is 0.464 e. The highest BCUT2D eigenvalue weighted by molar-refractivity contribution is 6.37. The molecular formula is C15H26N2O5. The van der Waals surface area contributed by atoms with Crippen molar-refractivity contribution >= 4 is 17.7 Å². The number of hydrazone groups is 1. The van der Waals surface area contributed by atoms with Crippen LogP contribution in [-0.4, -0.2) is 47.6 Å². The summed E-state index contributed by atoms with van der Waals surface area (Å²) in [5, 5.41) is 14.4. The third kappa shape index (κ3) is 4.19. The standard InChI is InChI=1S/C15H26N2O5/c1-4-7-8-9-12(18)15(14(20)22-6-3)10-11(16-17-15)13(19)21-5-2/h12,17-18H,4-10H2,1-3H3. The van der Waals surface area contributed by atoms with Gasteiger partial charge < -0.3 is 14.6 Å². The van der Waals surface area contributed by atoms with Gasteiger partial charge in [0.05, 0.1) is 19.3 Å². The van der Waals surface area contributed by atoms with Gasteiger partial charge in [-0.3, -0.25) is 5.43 Å². The molecule has 2 atom stereocenters. The lowest BCUT2D eigenvalue weighted by Crippen LogP contribution is -2.57. The maximum Gasteiger partial charge on any atom is 0.354 e. The fourth-order valence-electron chi connectivity index (χ4n) is 2.38. The predicted molar refractivity (Wildman–Crippen MR) is 81.3 cm³/mol. The fraction of sp³-hybridized carbons (Fsp3) is 0.800. The van der Waals surface area contributed by atoms with Crippen molar-refractivity contribution in [2.24, 2.45) is 5.10 Å². The van der Waals surface area contributed by atoms with Crippen LogP contribution >= 0.6 is 0 Å². The van der Waals surface area contributed by atoms with E-state index >= 15 is 0 Å². The van der Waals surface area contributed by atoms with Crippen LogP contribution in [0.15, 0.2) is 5.10 Å². The Labute approximate surface area is 131 Å². The smallest absolute Gasteiger partial charge is 0.354 e. The van der Waals surface area contributed by atoms with Crippen LogP contribution in [0.25, 0.3) is 0 Å². The first-order valence-corrected chi connectivity index (χ1v) is 7.87. The van der Waals surface area contributed by atoms with Crippen molar-refractivity contribution in [1.82, 2.24) is 5.43 Å². The summed E-state index contributed by atoms with van der Waals surface area (Å²) in [7, 11) is 0. The lowest BCUT2D eigenvalue weighted by molar-refractivity contribution is -0.156. The average Bonchev–Trinajstić information content (AvgIpc) is 2.94. The second kappa shape index (κ2) is 8.73. The molecule has 22 heavy (non-hydrogen) atoms. The molecule has 0 aromatic heterocycles. The fourth-order valence-corrected chi connectivity index (χ4v) is 2.38. The van der Waals surface area contributed by atoms with Crippen molar-refractivity contribution in [3.63, 3.8) is 0 Å². The Morgan fingerprint density at radius 2 is 1.95 bits per heavy atom. The average molecular weight is 314 g/mol. The Bertz CT molecular complexity index is 424. The van der Waals surface area contributed by atoms with Crippen molar-refractivity contribution < 1.29 is 24.2 Å². The first-order chi connectivity index (χ1) is 10.5. The highest BCUT2D eigenvalue weighted by Gasteiger charge is 2.51. The van der Waals surface area contributed by atoms with Crippen molar-refractivity contribution in [2.45, 2.75) is 64.5 Å². The molecule has 0 aromatic carbocycles. The topological polar surface area (TPSA) is 97.2 Å². The first-order valence-electron chi connectivity index (χ1n) is 7.87. The lowest BCUT2D eigenvalue weighted by atomic mass is 9.85. The van der Waals surface area contributed by atoms with E-state index in [0.29, 0.717) is 6.42 Å². The van der Waals surface area contributed by atoms with E-state index in [9.17, 15) is 14.7 Å². The molecule has 0 fully saturated rings. The molecule has 7 nitrogen and oxygen atoms in total. The van der Waals surface area contributed by atoms with Crippen molar-refractivity contribution in [1.29, 1.82) is 0 Å². The van der Waals surface area contributed by atoms with Crippen LogP contribution in [0.5, 0.6) is 0 Å². The Hall–Kier alpha value is -1.63. The van der Waals surface area contributed by atoms with Gasteiger partial charge in [0.2, 0.25) is 0 Å². The maximum absolute atomic E-state index is 12.3. The zero-order valence-corrected chi connectivity index (χ0v) is 13.6. The summed E-state index contributed by atoms with van der Waals surface area (Å²) in [5.74, 6) is -1.18. The number of carbonyl (C=O) groups excluding carboxylic acids is 2. The zero-order valence-electron chi connectivity index (χ0n) is 13.6. The molecule has 0 amide bonds. The molecule has 0 aliphatic carbocycles. The highest BCUT2D eigenvalue weighted by Crippen LogP contribution is 2.27. The van der Waals surface area contributed by atoms with Gasteiger partial charge in [0.25, 0.3) is 0 Å². The number of carbonyl (C=O) groups is 2. The molecule has 1 rings (SSSR count). The van der Waals surface area contributed by atoms with E-state index in [1.54, 1.807) is 13.8 Å². The van der Waals surface area contributed by atoms with Gasteiger partial charge in [-0.05, 0) is 20.3 Å². The number of hydrogen-bond acceptors (Lipinski definition) is 7. The van der Waals surface area contributed by atoms with Crippen LogP contribution in [0, 0.1) is 0 Å². The zero-order chi connectivity index (χ0) is 16.6. The van der Waals surface area contributed by atoms with Crippen molar-refractivity contribution in [2.75, 3.05) is 13.2 Å². The summed E-state index contributed by atoms with van der Waals surface area (Å²) in [4.78, 5) is 24.1. The summed E-state index contributed by atoms with van der Waals surface area (Å²) in [6.07, 6.45) is 2.19. The van der Waals surface area contributed by atoms with Crippen molar-refractivity contribution in [3.8, 4) is 0 Å². The van der Waals surface area contributed by atoms with Crippen LogP contribution in [0.1, 0.15) is 52.9 Å². The minimum atomic E-state index is -1.40. The SMILES string of the molecule is CCCCCC(O)C1(C(=O)OCC)CC(C(=O)OCC)=NN1. The predicted octanol–water partition coefficient (Wildman–Crippen LogP) is 1.14. The summed E-state index contributed by atoms with van der Waals surface area (Å²) in [5.41, 5.74) is 1.34. The van der Waals surface area contributed by atoms with Crippen LogP contribution in [-0.2, 0) is 19.1 Å². The quantitative estimate of drug-likeness (QED) is 0.489. The van der Waals surface area contributed by atoms with Gasteiger partial charge in [0.1, 0.15) is 5.71 Å². The molecule has 126 valence electrons. The minimum Gasteiger partial charge on any atom is -0.464 e.